The van der Waals surface area contributed by atoms with E-state index in [0.717, 1.165) is 12.2 Å². The van der Waals surface area contributed by atoms with Crippen molar-refractivity contribution < 1.29 is 19.4 Å². The van der Waals surface area contributed by atoms with Crippen molar-refractivity contribution in [1.29, 1.82) is 0 Å². The predicted octanol–water partition coefficient (Wildman–Crippen LogP) is 4.64. The van der Waals surface area contributed by atoms with Gasteiger partial charge in [0.15, 0.2) is 0 Å². The van der Waals surface area contributed by atoms with Gasteiger partial charge in [-0.1, -0.05) is 40.0 Å². The van der Waals surface area contributed by atoms with Gasteiger partial charge in [0.25, 0.3) is 5.91 Å². The number of unbranched alkanes of at least 4 members (excludes halogenated alkanes) is 3. The minimum absolute atomic E-state index is 0.182. The van der Waals surface area contributed by atoms with Crippen LogP contribution in [0.1, 0.15) is 56.8 Å². The molecule has 0 aromatic heterocycles. The number of hydrogen-bond donors (Lipinski definition) is 3. The third-order valence-corrected chi connectivity index (χ3v) is 4.70. The van der Waals surface area contributed by atoms with Crippen LogP contribution in [0.5, 0.6) is 11.5 Å². The van der Waals surface area contributed by atoms with E-state index in [1.165, 1.54) is 19.3 Å². The van der Waals surface area contributed by atoms with Crippen molar-refractivity contribution in [1.82, 2.24) is 5.32 Å². The fraction of sp³-hybridized carbons (Fsp3) is 0.480. The molecule has 0 aliphatic rings. The Morgan fingerprint density at radius 2 is 1.58 bits per heavy atom. The minimum atomic E-state index is -0.579. The molecule has 0 saturated heterocycles. The Kier molecular flexibility index (Phi) is 10.9. The van der Waals surface area contributed by atoms with Crippen molar-refractivity contribution in [2.24, 2.45) is 0 Å². The molecule has 0 spiro atoms. The number of benzene rings is 2. The average molecular weight is 429 g/mol. The molecule has 0 saturated carbocycles. The van der Waals surface area contributed by atoms with Gasteiger partial charge in [-0.25, -0.2) is 0 Å². The van der Waals surface area contributed by atoms with Crippen LogP contribution < -0.4 is 20.1 Å². The van der Waals surface area contributed by atoms with E-state index in [0.29, 0.717) is 36.2 Å². The van der Waals surface area contributed by atoms with Gasteiger partial charge < -0.3 is 25.2 Å². The first kappa shape index (κ1) is 24.7. The summed E-state index contributed by atoms with van der Waals surface area (Å²) in [6, 6.07) is 14.6. The number of hydrogen-bond acceptors (Lipinski definition) is 5. The lowest BCUT2D eigenvalue weighted by atomic mass is 10.2. The van der Waals surface area contributed by atoms with Crippen molar-refractivity contribution in [3.63, 3.8) is 0 Å². The Hall–Kier alpha value is -2.57. The molecule has 31 heavy (non-hydrogen) atoms. The number of carbonyl (C=O) groups is 1. The Morgan fingerprint density at radius 1 is 0.935 bits per heavy atom. The summed E-state index contributed by atoms with van der Waals surface area (Å²) in [5.74, 6) is 1.24. The summed E-state index contributed by atoms with van der Waals surface area (Å²) in [6.07, 6.45) is 4.08. The van der Waals surface area contributed by atoms with Crippen LogP contribution in [0.15, 0.2) is 48.5 Å². The van der Waals surface area contributed by atoms with Crippen LogP contribution in [0.4, 0.5) is 5.69 Å². The molecule has 6 heteroatoms. The molecule has 6 nitrogen and oxygen atoms in total. The summed E-state index contributed by atoms with van der Waals surface area (Å²) >= 11 is 0. The average Bonchev–Trinajstić information content (AvgIpc) is 2.77. The van der Waals surface area contributed by atoms with Crippen LogP contribution in [0.25, 0.3) is 0 Å². The summed E-state index contributed by atoms with van der Waals surface area (Å²) in [5, 5.41) is 15.9. The fourth-order valence-electron chi connectivity index (χ4n) is 2.88. The molecule has 3 N–H and O–H groups in total. The molecule has 1 atom stereocenters. The number of anilines is 1. The summed E-state index contributed by atoms with van der Waals surface area (Å²) in [5.41, 5.74) is 1.25. The Balaban J connectivity index is 1.76. The van der Waals surface area contributed by atoms with E-state index in [9.17, 15) is 9.90 Å². The van der Waals surface area contributed by atoms with E-state index < -0.39 is 6.10 Å². The number of carbonyl (C=O) groups excluding carboxylic acids is 1. The normalized spacial score (nSPS) is 11.9. The lowest BCUT2D eigenvalue weighted by Gasteiger charge is -2.15. The van der Waals surface area contributed by atoms with E-state index in [2.05, 4.69) is 17.6 Å². The van der Waals surface area contributed by atoms with E-state index in [1.54, 1.807) is 36.4 Å². The van der Waals surface area contributed by atoms with E-state index in [4.69, 9.17) is 9.47 Å². The molecule has 0 aliphatic heterocycles. The molecule has 0 fully saturated rings. The number of rotatable bonds is 14. The minimum Gasteiger partial charge on any atom is -0.494 e. The second-order valence-corrected chi connectivity index (χ2v) is 7.94. The predicted molar refractivity (Wildman–Crippen MR) is 125 cm³/mol. The molecule has 0 radical (unpaired) electrons. The number of aliphatic hydroxyl groups excluding tert-OH is 1. The van der Waals surface area contributed by atoms with Gasteiger partial charge in [-0.15, -0.1) is 0 Å². The van der Waals surface area contributed by atoms with Gasteiger partial charge in [-0.3, -0.25) is 4.79 Å². The van der Waals surface area contributed by atoms with Crippen molar-refractivity contribution in [2.75, 3.05) is 25.1 Å². The maximum atomic E-state index is 12.5. The van der Waals surface area contributed by atoms with Crippen LogP contribution in [0, 0.1) is 0 Å². The molecule has 0 bridgehead atoms. The van der Waals surface area contributed by atoms with Crippen molar-refractivity contribution >= 4 is 11.6 Å². The molecule has 170 valence electrons. The largest absolute Gasteiger partial charge is 0.494 e. The third kappa shape index (κ3) is 9.85. The standard InChI is InChI=1S/C25H36N2O4/c1-4-5-6-7-16-30-23-12-8-20(9-13-23)25(29)27-21-10-14-24(15-11-21)31-18-22(28)17-26-19(2)3/h8-15,19,22,26,28H,4-7,16-18H2,1-3H3,(H,27,29). The third-order valence-electron chi connectivity index (χ3n) is 4.70. The SMILES string of the molecule is CCCCCCOc1ccc(C(=O)Nc2ccc(OCC(O)CNC(C)C)cc2)cc1. The van der Waals surface area contributed by atoms with Crippen molar-refractivity contribution in [3.8, 4) is 11.5 Å². The summed E-state index contributed by atoms with van der Waals surface area (Å²) in [6.45, 7) is 7.63. The van der Waals surface area contributed by atoms with Gasteiger partial charge in [0.1, 0.15) is 24.2 Å². The number of ether oxygens (including phenoxy) is 2. The van der Waals surface area contributed by atoms with Gasteiger partial charge in [0.05, 0.1) is 6.61 Å². The van der Waals surface area contributed by atoms with Gasteiger partial charge >= 0.3 is 0 Å². The quantitative estimate of drug-likeness (QED) is 0.382. The van der Waals surface area contributed by atoms with Crippen molar-refractivity contribution in [3.05, 3.63) is 54.1 Å². The molecule has 2 rings (SSSR count). The number of nitrogens with one attached hydrogen (secondary N) is 2. The van der Waals surface area contributed by atoms with E-state index in [1.807, 2.05) is 26.0 Å². The van der Waals surface area contributed by atoms with Gasteiger partial charge in [-0.2, -0.15) is 0 Å². The Labute approximate surface area is 186 Å². The van der Waals surface area contributed by atoms with Crippen LogP contribution in [0.3, 0.4) is 0 Å². The van der Waals surface area contributed by atoms with Gasteiger partial charge in [0.2, 0.25) is 0 Å². The van der Waals surface area contributed by atoms with Crippen LogP contribution in [0.2, 0.25) is 0 Å². The fourth-order valence-corrected chi connectivity index (χ4v) is 2.88. The van der Waals surface area contributed by atoms with E-state index >= 15 is 0 Å². The Bertz CT molecular complexity index is 760. The zero-order chi connectivity index (χ0) is 22.5. The highest BCUT2D eigenvalue weighted by atomic mass is 16.5. The molecule has 2 aromatic carbocycles. The highest BCUT2D eigenvalue weighted by molar-refractivity contribution is 6.04. The molecule has 0 heterocycles. The molecule has 1 amide bonds. The molecule has 0 aliphatic carbocycles. The lowest BCUT2D eigenvalue weighted by Crippen LogP contribution is -2.35. The second-order valence-electron chi connectivity index (χ2n) is 7.94. The van der Waals surface area contributed by atoms with Gasteiger partial charge in [-0.05, 0) is 55.0 Å². The zero-order valence-corrected chi connectivity index (χ0v) is 18.9. The summed E-state index contributed by atoms with van der Waals surface area (Å²) < 4.78 is 11.3. The summed E-state index contributed by atoms with van der Waals surface area (Å²) in [7, 11) is 0. The van der Waals surface area contributed by atoms with Gasteiger partial charge in [0, 0.05) is 23.8 Å². The highest BCUT2D eigenvalue weighted by Crippen LogP contribution is 2.18. The number of amides is 1. The van der Waals surface area contributed by atoms with Crippen LogP contribution in [-0.4, -0.2) is 42.9 Å². The molecular formula is C25H36N2O4. The first-order chi connectivity index (χ1) is 15.0. The zero-order valence-electron chi connectivity index (χ0n) is 18.9. The first-order valence-electron chi connectivity index (χ1n) is 11.2. The topological polar surface area (TPSA) is 79.8 Å². The highest BCUT2D eigenvalue weighted by Gasteiger charge is 2.08. The van der Waals surface area contributed by atoms with Crippen molar-refractivity contribution in [2.45, 2.75) is 58.6 Å². The monoisotopic (exact) mass is 428 g/mol. The Morgan fingerprint density at radius 3 is 2.23 bits per heavy atom. The summed E-state index contributed by atoms with van der Waals surface area (Å²) in [4.78, 5) is 12.5. The smallest absolute Gasteiger partial charge is 0.255 e. The maximum absolute atomic E-state index is 12.5. The molecule has 2 aromatic rings. The number of aliphatic hydroxyl groups is 1. The lowest BCUT2D eigenvalue weighted by molar-refractivity contribution is 0.102. The maximum Gasteiger partial charge on any atom is 0.255 e. The van der Waals surface area contributed by atoms with Crippen LogP contribution >= 0.6 is 0 Å². The van der Waals surface area contributed by atoms with E-state index in [-0.39, 0.29) is 12.5 Å². The molecular weight excluding hydrogens is 392 g/mol. The van der Waals surface area contributed by atoms with Crippen LogP contribution in [-0.2, 0) is 0 Å². The second kappa shape index (κ2) is 13.7. The first-order valence-corrected chi connectivity index (χ1v) is 11.2. The molecule has 1 unspecified atom stereocenters.